The molecule has 3 nitrogen and oxygen atoms in total. The lowest BCUT2D eigenvalue weighted by molar-refractivity contribution is -0.139. The Morgan fingerprint density at radius 2 is 2.11 bits per heavy atom. The molecule has 1 aromatic carbocycles. The molecule has 1 fully saturated rings. The Kier molecular flexibility index (Phi) is 4.78. The molecule has 18 heavy (non-hydrogen) atoms. The molecule has 0 spiro atoms. The van der Waals surface area contributed by atoms with Gasteiger partial charge in [0, 0.05) is 4.47 Å². The largest absolute Gasteiger partial charge is 0.481 e. The highest BCUT2D eigenvalue weighted by molar-refractivity contribution is 9.10. The van der Waals surface area contributed by atoms with Gasteiger partial charge in [-0.05, 0) is 56.6 Å². The van der Waals surface area contributed by atoms with Crippen molar-refractivity contribution in [1.29, 1.82) is 0 Å². The van der Waals surface area contributed by atoms with Gasteiger partial charge in [-0.3, -0.25) is 4.79 Å². The SMILES string of the molecule is O=C(O)C(CCN1CCCC1)c1cccc(Br)c1. The average molecular weight is 312 g/mol. The minimum Gasteiger partial charge on any atom is -0.481 e. The zero-order valence-electron chi connectivity index (χ0n) is 10.3. The quantitative estimate of drug-likeness (QED) is 0.908. The van der Waals surface area contributed by atoms with Crippen molar-refractivity contribution in [3.05, 3.63) is 34.3 Å². The van der Waals surface area contributed by atoms with E-state index in [0.29, 0.717) is 6.42 Å². The summed E-state index contributed by atoms with van der Waals surface area (Å²) in [7, 11) is 0. The molecule has 1 aromatic rings. The van der Waals surface area contributed by atoms with Crippen molar-refractivity contribution in [2.24, 2.45) is 0 Å². The van der Waals surface area contributed by atoms with Crippen molar-refractivity contribution in [2.45, 2.75) is 25.2 Å². The number of carboxylic acids is 1. The number of carbonyl (C=O) groups is 1. The molecular weight excluding hydrogens is 294 g/mol. The summed E-state index contributed by atoms with van der Waals surface area (Å²) >= 11 is 3.39. The second kappa shape index (κ2) is 6.34. The molecule has 2 rings (SSSR count). The summed E-state index contributed by atoms with van der Waals surface area (Å²) in [4.78, 5) is 13.7. The van der Waals surface area contributed by atoms with E-state index in [2.05, 4.69) is 20.8 Å². The van der Waals surface area contributed by atoms with Crippen molar-refractivity contribution in [2.75, 3.05) is 19.6 Å². The van der Waals surface area contributed by atoms with Crippen LogP contribution in [0.3, 0.4) is 0 Å². The van der Waals surface area contributed by atoms with E-state index < -0.39 is 11.9 Å². The number of aliphatic carboxylic acids is 1. The third-order valence-corrected chi connectivity index (χ3v) is 3.98. The van der Waals surface area contributed by atoms with Crippen molar-refractivity contribution < 1.29 is 9.90 Å². The first-order valence-corrected chi connectivity index (χ1v) is 7.17. The standard InChI is InChI=1S/C14H18BrNO2/c15-12-5-3-4-11(10-12)13(14(17)18)6-9-16-7-1-2-8-16/h3-5,10,13H,1-2,6-9H2,(H,17,18). The molecule has 1 heterocycles. The van der Waals surface area contributed by atoms with Gasteiger partial charge < -0.3 is 10.0 Å². The van der Waals surface area contributed by atoms with Crippen LogP contribution in [0.1, 0.15) is 30.7 Å². The molecule has 0 amide bonds. The maximum atomic E-state index is 11.4. The zero-order chi connectivity index (χ0) is 13.0. The van der Waals surface area contributed by atoms with Crippen molar-refractivity contribution in [1.82, 2.24) is 4.90 Å². The number of rotatable bonds is 5. The minimum absolute atomic E-state index is 0.400. The summed E-state index contributed by atoms with van der Waals surface area (Å²) in [5, 5.41) is 9.36. The molecule has 0 saturated carbocycles. The van der Waals surface area contributed by atoms with Crippen LogP contribution < -0.4 is 0 Å². The monoisotopic (exact) mass is 311 g/mol. The molecule has 0 bridgehead atoms. The molecule has 1 unspecified atom stereocenters. The van der Waals surface area contributed by atoms with Crippen molar-refractivity contribution in [3.8, 4) is 0 Å². The molecule has 1 N–H and O–H groups in total. The first kappa shape index (κ1) is 13.6. The number of nitrogens with zero attached hydrogens (tertiary/aromatic N) is 1. The van der Waals surface area contributed by atoms with Crippen LogP contribution in [-0.4, -0.2) is 35.6 Å². The Labute approximate surface area is 116 Å². The van der Waals surface area contributed by atoms with Gasteiger partial charge in [0.2, 0.25) is 0 Å². The molecule has 1 atom stereocenters. The molecule has 0 aliphatic carbocycles. The van der Waals surface area contributed by atoms with Gasteiger partial charge in [-0.15, -0.1) is 0 Å². The number of hydrogen-bond donors (Lipinski definition) is 1. The van der Waals surface area contributed by atoms with E-state index in [1.165, 1.54) is 12.8 Å². The fourth-order valence-corrected chi connectivity index (χ4v) is 2.89. The molecule has 0 radical (unpaired) electrons. The molecule has 1 aliphatic rings. The Morgan fingerprint density at radius 3 is 2.72 bits per heavy atom. The number of likely N-dealkylation sites (tertiary alicyclic amines) is 1. The third-order valence-electron chi connectivity index (χ3n) is 3.48. The Hall–Kier alpha value is -0.870. The summed E-state index contributed by atoms with van der Waals surface area (Å²) in [6.45, 7) is 3.11. The van der Waals surface area contributed by atoms with E-state index >= 15 is 0 Å². The van der Waals surface area contributed by atoms with Gasteiger partial charge in [-0.25, -0.2) is 0 Å². The lowest BCUT2D eigenvalue weighted by Crippen LogP contribution is -2.24. The third kappa shape index (κ3) is 3.56. The predicted molar refractivity (Wildman–Crippen MR) is 74.8 cm³/mol. The number of hydrogen-bond acceptors (Lipinski definition) is 2. The van der Waals surface area contributed by atoms with E-state index in [0.717, 1.165) is 29.7 Å². The van der Waals surface area contributed by atoms with E-state index in [-0.39, 0.29) is 0 Å². The lowest BCUT2D eigenvalue weighted by atomic mass is 9.96. The molecule has 4 heteroatoms. The predicted octanol–water partition coefficient (Wildman–Crippen LogP) is 3.10. The van der Waals surface area contributed by atoms with Gasteiger partial charge in [-0.2, -0.15) is 0 Å². The van der Waals surface area contributed by atoms with E-state index in [1.54, 1.807) is 0 Å². The highest BCUT2D eigenvalue weighted by Gasteiger charge is 2.22. The Morgan fingerprint density at radius 1 is 1.39 bits per heavy atom. The first-order chi connectivity index (χ1) is 8.66. The van der Waals surface area contributed by atoms with Gasteiger partial charge in [0.15, 0.2) is 0 Å². The van der Waals surface area contributed by atoms with Crippen LogP contribution in [0.5, 0.6) is 0 Å². The second-order valence-corrected chi connectivity index (χ2v) is 5.70. The topological polar surface area (TPSA) is 40.5 Å². The van der Waals surface area contributed by atoms with Crippen molar-refractivity contribution in [3.63, 3.8) is 0 Å². The summed E-state index contributed by atoms with van der Waals surface area (Å²) in [6.07, 6.45) is 3.18. The summed E-state index contributed by atoms with van der Waals surface area (Å²) in [5.74, 6) is -1.13. The zero-order valence-corrected chi connectivity index (χ0v) is 11.9. The fourth-order valence-electron chi connectivity index (χ4n) is 2.47. The van der Waals surface area contributed by atoms with E-state index in [9.17, 15) is 9.90 Å². The Balaban J connectivity index is 2.01. The van der Waals surface area contributed by atoms with Gasteiger partial charge in [0.25, 0.3) is 0 Å². The van der Waals surface area contributed by atoms with Gasteiger partial charge in [-0.1, -0.05) is 28.1 Å². The van der Waals surface area contributed by atoms with Crippen LogP contribution >= 0.6 is 15.9 Å². The summed E-state index contributed by atoms with van der Waals surface area (Å²) in [5.41, 5.74) is 0.885. The van der Waals surface area contributed by atoms with Crippen LogP contribution in [0, 0.1) is 0 Å². The summed E-state index contributed by atoms with van der Waals surface area (Å²) in [6, 6.07) is 7.62. The van der Waals surface area contributed by atoms with Crippen LogP contribution in [0.4, 0.5) is 0 Å². The minimum atomic E-state index is -0.729. The van der Waals surface area contributed by atoms with Crippen molar-refractivity contribution >= 4 is 21.9 Å². The van der Waals surface area contributed by atoms with E-state index in [1.807, 2.05) is 24.3 Å². The molecule has 98 valence electrons. The second-order valence-electron chi connectivity index (χ2n) is 4.78. The molecule has 1 aliphatic heterocycles. The van der Waals surface area contributed by atoms with Crippen LogP contribution in [0.15, 0.2) is 28.7 Å². The Bertz CT molecular complexity index is 416. The smallest absolute Gasteiger partial charge is 0.311 e. The van der Waals surface area contributed by atoms with Crippen LogP contribution in [0.2, 0.25) is 0 Å². The van der Waals surface area contributed by atoms with Gasteiger partial charge in [0.05, 0.1) is 5.92 Å². The van der Waals surface area contributed by atoms with Gasteiger partial charge in [0.1, 0.15) is 0 Å². The van der Waals surface area contributed by atoms with Crippen LogP contribution in [-0.2, 0) is 4.79 Å². The number of benzene rings is 1. The average Bonchev–Trinajstić information content (AvgIpc) is 2.82. The maximum absolute atomic E-state index is 11.4. The van der Waals surface area contributed by atoms with E-state index in [4.69, 9.17) is 0 Å². The molecule has 0 aromatic heterocycles. The lowest BCUT2D eigenvalue weighted by Gasteiger charge is -2.18. The fraction of sp³-hybridized carbons (Fsp3) is 0.500. The first-order valence-electron chi connectivity index (χ1n) is 6.37. The number of halogens is 1. The van der Waals surface area contributed by atoms with Gasteiger partial charge >= 0.3 is 5.97 Å². The highest BCUT2D eigenvalue weighted by Crippen LogP contribution is 2.24. The molecule has 1 saturated heterocycles. The van der Waals surface area contributed by atoms with Crippen LogP contribution in [0.25, 0.3) is 0 Å². The number of carboxylic acid groups (broad SMARTS) is 1. The highest BCUT2D eigenvalue weighted by atomic mass is 79.9. The normalized spacial score (nSPS) is 17.8. The maximum Gasteiger partial charge on any atom is 0.311 e. The molecular formula is C14H18BrNO2. The summed E-state index contributed by atoms with van der Waals surface area (Å²) < 4.78 is 0.937.